The average Bonchev–Trinajstić information content (AvgIpc) is 2.63. The molecule has 17 heavy (non-hydrogen) atoms. The van der Waals surface area contributed by atoms with Crippen molar-refractivity contribution in [1.29, 1.82) is 0 Å². The highest BCUT2D eigenvalue weighted by molar-refractivity contribution is 5.81. The first kappa shape index (κ1) is 11.6. The number of carbonyl (C=O) groups is 1. The van der Waals surface area contributed by atoms with Crippen molar-refractivity contribution in [2.75, 3.05) is 0 Å². The molecule has 0 spiro atoms. The third-order valence-corrected chi connectivity index (χ3v) is 2.81. The van der Waals surface area contributed by atoms with E-state index in [9.17, 15) is 4.79 Å². The first-order valence-corrected chi connectivity index (χ1v) is 5.87. The van der Waals surface area contributed by atoms with Crippen molar-refractivity contribution in [2.45, 2.75) is 26.2 Å². The molecule has 1 amide bonds. The van der Waals surface area contributed by atoms with E-state index in [1.54, 1.807) is 0 Å². The molecule has 1 N–H and O–H groups in total. The number of nitrogens with one attached hydrogen (secondary N) is 1. The minimum atomic E-state index is 0.111. The van der Waals surface area contributed by atoms with Crippen LogP contribution in [-0.4, -0.2) is 5.91 Å². The van der Waals surface area contributed by atoms with Gasteiger partial charge in [0.2, 0.25) is 5.91 Å². The van der Waals surface area contributed by atoms with Gasteiger partial charge in [-0.25, -0.2) is 0 Å². The van der Waals surface area contributed by atoms with E-state index in [4.69, 9.17) is 0 Å². The van der Waals surface area contributed by atoms with Crippen LogP contribution in [0.25, 0.3) is 0 Å². The van der Waals surface area contributed by atoms with Crippen LogP contribution in [0.5, 0.6) is 0 Å². The van der Waals surface area contributed by atoms with Gasteiger partial charge < -0.3 is 5.32 Å². The topological polar surface area (TPSA) is 29.1 Å². The Labute approximate surface area is 102 Å². The number of benzene rings is 1. The zero-order valence-electron chi connectivity index (χ0n) is 10.1. The summed E-state index contributed by atoms with van der Waals surface area (Å²) in [6.07, 6.45) is 4.24. The van der Waals surface area contributed by atoms with Crippen LogP contribution in [0.4, 0.5) is 0 Å². The van der Waals surface area contributed by atoms with E-state index >= 15 is 0 Å². The van der Waals surface area contributed by atoms with Gasteiger partial charge in [0, 0.05) is 12.1 Å². The van der Waals surface area contributed by atoms with E-state index < -0.39 is 0 Å². The maximum Gasteiger partial charge on any atom is 0.224 e. The van der Waals surface area contributed by atoms with Crippen LogP contribution in [0.15, 0.2) is 48.2 Å². The highest BCUT2D eigenvalue weighted by atomic mass is 16.1. The molecule has 0 atom stereocenters. The maximum absolute atomic E-state index is 11.1. The molecule has 0 radical (unpaired) electrons. The third-order valence-electron chi connectivity index (χ3n) is 2.81. The molecule has 1 fully saturated rings. The van der Waals surface area contributed by atoms with Gasteiger partial charge in [0.1, 0.15) is 0 Å². The van der Waals surface area contributed by atoms with E-state index in [1.165, 1.54) is 11.1 Å². The standard InChI is InChI=1S/C15H17NO/c1-11-4-3-5-13(8-11)9-12(2)10-14-6-7-15(17)16-14/h3-5,8,10H,2,6-7,9H2,1H3,(H,16,17). The summed E-state index contributed by atoms with van der Waals surface area (Å²) in [4.78, 5) is 11.1. The monoisotopic (exact) mass is 227 g/mol. The fourth-order valence-electron chi connectivity index (χ4n) is 2.04. The molecule has 2 heteroatoms. The Morgan fingerprint density at radius 2 is 2.29 bits per heavy atom. The predicted molar refractivity (Wildman–Crippen MR) is 69.5 cm³/mol. The van der Waals surface area contributed by atoms with Crippen LogP contribution < -0.4 is 5.32 Å². The van der Waals surface area contributed by atoms with Crippen molar-refractivity contribution in [2.24, 2.45) is 0 Å². The zero-order chi connectivity index (χ0) is 12.3. The first-order chi connectivity index (χ1) is 8.13. The van der Waals surface area contributed by atoms with Crippen LogP contribution >= 0.6 is 0 Å². The summed E-state index contributed by atoms with van der Waals surface area (Å²) < 4.78 is 0. The Morgan fingerprint density at radius 1 is 1.47 bits per heavy atom. The molecule has 88 valence electrons. The van der Waals surface area contributed by atoms with E-state index in [1.807, 2.05) is 6.08 Å². The van der Waals surface area contributed by atoms with Gasteiger partial charge in [-0.15, -0.1) is 0 Å². The van der Waals surface area contributed by atoms with Gasteiger partial charge in [-0.1, -0.05) is 36.4 Å². The lowest BCUT2D eigenvalue weighted by Gasteiger charge is -2.04. The number of carbonyl (C=O) groups excluding carboxylic acids is 1. The summed E-state index contributed by atoms with van der Waals surface area (Å²) in [7, 11) is 0. The van der Waals surface area contributed by atoms with Gasteiger partial charge in [0.25, 0.3) is 0 Å². The van der Waals surface area contributed by atoms with Crippen LogP contribution in [0.3, 0.4) is 0 Å². The molecule has 1 aliphatic rings. The Balaban J connectivity index is 2.00. The molecule has 2 nitrogen and oxygen atoms in total. The zero-order valence-corrected chi connectivity index (χ0v) is 10.1. The number of amides is 1. The molecule has 0 saturated carbocycles. The molecule has 2 rings (SSSR count). The van der Waals surface area contributed by atoms with Crippen molar-refractivity contribution < 1.29 is 4.79 Å². The van der Waals surface area contributed by atoms with Crippen LogP contribution in [0.2, 0.25) is 0 Å². The van der Waals surface area contributed by atoms with Gasteiger partial charge in [-0.2, -0.15) is 0 Å². The van der Waals surface area contributed by atoms with Crippen molar-refractivity contribution >= 4 is 5.91 Å². The Hall–Kier alpha value is -1.83. The van der Waals surface area contributed by atoms with E-state index in [-0.39, 0.29) is 5.91 Å². The molecule has 1 aromatic carbocycles. The summed E-state index contributed by atoms with van der Waals surface area (Å²) in [5.41, 5.74) is 4.55. The molecule has 0 unspecified atom stereocenters. The van der Waals surface area contributed by atoms with Crippen LogP contribution in [0.1, 0.15) is 24.0 Å². The second kappa shape index (κ2) is 5.00. The molecule has 1 saturated heterocycles. The van der Waals surface area contributed by atoms with Crippen LogP contribution in [0, 0.1) is 6.92 Å². The summed E-state index contributed by atoms with van der Waals surface area (Å²) in [6.45, 7) is 6.13. The lowest BCUT2D eigenvalue weighted by molar-refractivity contribution is -0.118. The molecule has 0 bridgehead atoms. The van der Waals surface area contributed by atoms with Gasteiger partial charge in [0.15, 0.2) is 0 Å². The van der Waals surface area contributed by atoms with Gasteiger partial charge in [0.05, 0.1) is 0 Å². The Morgan fingerprint density at radius 3 is 2.94 bits per heavy atom. The maximum atomic E-state index is 11.1. The molecule has 1 aliphatic heterocycles. The van der Waals surface area contributed by atoms with E-state index in [2.05, 4.69) is 43.1 Å². The van der Waals surface area contributed by atoms with Gasteiger partial charge in [-0.05, 0) is 37.0 Å². The molecule has 1 heterocycles. The summed E-state index contributed by atoms with van der Waals surface area (Å²) in [5, 5.41) is 2.84. The minimum Gasteiger partial charge on any atom is -0.330 e. The predicted octanol–water partition coefficient (Wildman–Crippen LogP) is 2.89. The van der Waals surface area contributed by atoms with Gasteiger partial charge >= 0.3 is 0 Å². The lowest BCUT2D eigenvalue weighted by atomic mass is 10.0. The molecule has 1 aromatic rings. The summed E-state index contributed by atoms with van der Waals surface area (Å²) in [6, 6.07) is 8.41. The van der Waals surface area contributed by atoms with E-state index in [0.29, 0.717) is 6.42 Å². The Bertz CT molecular complexity index is 485. The van der Waals surface area contributed by atoms with Crippen molar-refractivity contribution in [1.82, 2.24) is 5.32 Å². The quantitative estimate of drug-likeness (QED) is 0.845. The minimum absolute atomic E-state index is 0.111. The largest absolute Gasteiger partial charge is 0.330 e. The second-order valence-electron chi connectivity index (χ2n) is 4.54. The fraction of sp³-hybridized carbons (Fsp3) is 0.267. The number of allylic oxidation sites excluding steroid dienone is 3. The molecular weight excluding hydrogens is 210 g/mol. The van der Waals surface area contributed by atoms with Crippen molar-refractivity contribution in [3.05, 3.63) is 59.3 Å². The average molecular weight is 227 g/mol. The number of rotatable bonds is 3. The number of hydrogen-bond donors (Lipinski definition) is 1. The number of hydrogen-bond acceptors (Lipinski definition) is 1. The molecule has 0 aliphatic carbocycles. The SMILES string of the molecule is C=C(C=C1CCC(=O)N1)Cc1cccc(C)c1. The molecular formula is C15H17NO. The third kappa shape index (κ3) is 3.31. The number of aryl methyl sites for hydroxylation is 1. The van der Waals surface area contributed by atoms with Crippen LogP contribution in [-0.2, 0) is 11.2 Å². The Kier molecular flexibility index (Phi) is 3.43. The second-order valence-corrected chi connectivity index (χ2v) is 4.54. The lowest BCUT2D eigenvalue weighted by Crippen LogP contribution is -2.11. The molecule has 0 aromatic heterocycles. The summed E-state index contributed by atoms with van der Waals surface area (Å²) >= 11 is 0. The van der Waals surface area contributed by atoms with Gasteiger partial charge in [-0.3, -0.25) is 4.79 Å². The fourth-order valence-corrected chi connectivity index (χ4v) is 2.04. The first-order valence-electron chi connectivity index (χ1n) is 5.87. The van der Waals surface area contributed by atoms with Crippen molar-refractivity contribution in [3.63, 3.8) is 0 Å². The highest BCUT2D eigenvalue weighted by Crippen LogP contribution is 2.15. The summed E-state index contributed by atoms with van der Waals surface area (Å²) in [5.74, 6) is 0.111. The van der Waals surface area contributed by atoms with Crippen molar-refractivity contribution in [3.8, 4) is 0 Å². The van der Waals surface area contributed by atoms with E-state index in [0.717, 1.165) is 24.1 Å². The smallest absolute Gasteiger partial charge is 0.224 e. The normalized spacial score (nSPS) is 17.2. The highest BCUT2D eigenvalue weighted by Gasteiger charge is 2.13.